The molecule has 0 bridgehead atoms. The van der Waals surface area contributed by atoms with Crippen LogP contribution in [0.3, 0.4) is 0 Å². The molecule has 1 aliphatic rings. The summed E-state index contributed by atoms with van der Waals surface area (Å²) in [4.78, 5) is 15.1. The number of aryl methyl sites for hydroxylation is 1. The largest absolute Gasteiger partial charge is 0.461 e. The molecule has 0 aliphatic carbocycles. The van der Waals surface area contributed by atoms with Gasteiger partial charge in [-0.2, -0.15) is 5.10 Å². The molecule has 0 N–H and O–H groups in total. The number of amides is 1. The van der Waals surface area contributed by atoms with E-state index in [9.17, 15) is 4.79 Å². The number of fused-ring (bicyclic) bond motifs is 2. The van der Waals surface area contributed by atoms with Crippen LogP contribution in [0.15, 0.2) is 63.6 Å². The molecule has 146 valence electrons. The molecule has 29 heavy (non-hydrogen) atoms. The van der Waals surface area contributed by atoms with Gasteiger partial charge in [-0.25, -0.2) is 4.52 Å². The number of benzene rings is 1. The SMILES string of the molecule is Cc1ccc(-c2ccc3c(c2)CCN(C(=O)c2cc4ccc(Br)cn4n2)C3C)o1. The molecule has 5 nitrogen and oxygen atoms in total. The maximum atomic E-state index is 13.2. The zero-order valence-corrected chi connectivity index (χ0v) is 17.8. The Hall–Kier alpha value is -2.86. The van der Waals surface area contributed by atoms with E-state index in [1.54, 1.807) is 4.52 Å². The van der Waals surface area contributed by atoms with Gasteiger partial charge < -0.3 is 9.32 Å². The summed E-state index contributed by atoms with van der Waals surface area (Å²) >= 11 is 3.44. The molecular weight excluding hydrogens is 430 g/mol. The van der Waals surface area contributed by atoms with Crippen molar-refractivity contribution in [2.24, 2.45) is 0 Å². The Kier molecular flexibility index (Phi) is 4.32. The van der Waals surface area contributed by atoms with Gasteiger partial charge >= 0.3 is 0 Å². The van der Waals surface area contributed by atoms with E-state index in [1.807, 2.05) is 48.4 Å². The van der Waals surface area contributed by atoms with Crippen molar-refractivity contribution < 1.29 is 9.21 Å². The summed E-state index contributed by atoms with van der Waals surface area (Å²) in [5.74, 6) is 1.75. The van der Waals surface area contributed by atoms with Crippen LogP contribution in [0.4, 0.5) is 0 Å². The van der Waals surface area contributed by atoms with Crippen molar-refractivity contribution in [1.82, 2.24) is 14.5 Å². The predicted octanol–water partition coefficient (Wildman–Crippen LogP) is 5.42. The summed E-state index contributed by atoms with van der Waals surface area (Å²) in [5.41, 5.74) is 4.91. The lowest BCUT2D eigenvalue weighted by atomic mass is 9.91. The van der Waals surface area contributed by atoms with Gasteiger partial charge in [-0.05, 0) is 83.7 Å². The lowest BCUT2D eigenvalue weighted by molar-refractivity contribution is 0.0671. The number of hydrogen-bond donors (Lipinski definition) is 0. The van der Waals surface area contributed by atoms with Gasteiger partial charge in [0.05, 0.1) is 11.6 Å². The van der Waals surface area contributed by atoms with Crippen LogP contribution in [0.5, 0.6) is 0 Å². The van der Waals surface area contributed by atoms with E-state index in [1.165, 1.54) is 11.1 Å². The molecule has 1 unspecified atom stereocenters. The second kappa shape index (κ2) is 6.88. The molecule has 0 saturated carbocycles. The molecule has 1 atom stereocenters. The number of furan rings is 1. The lowest BCUT2D eigenvalue weighted by Gasteiger charge is -2.35. The van der Waals surface area contributed by atoms with Crippen LogP contribution in [-0.4, -0.2) is 27.0 Å². The topological polar surface area (TPSA) is 50.8 Å². The standard InChI is InChI=1S/C23H20BrN3O2/c1-14-3-8-22(29-14)17-4-7-20-15(2)26(10-9-16(20)11-17)23(28)21-12-19-6-5-18(24)13-27(19)25-21/h3-8,11-13,15H,9-10H2,1-2H3. The van der Waals surface area contributed by atoms with E-state index in [-0.39, 0.29) is 11.9 Å². The van der Waals surface area contributed by atoms with E-state index in [2.05, 4.69) is 46.2 Å². The minimum Gasteiger partial charge on any atom is -0.461 e. The summed E-state index contributed by atoms with van der Waals surface area (Å²) in [6.45, 7) is 4.70. The van der Waals surface area contributed by atoms with Crippen LogP contribution < -0.4 is 0 Å². The minimum absolute atomic E-state index is 0.00446. The average molecular weight is 450 g/mol. The van der Waals surface area contributed by atoms with Crippen LogP contribution in [0, 0.1) is 6.92 Å². The first-order valence-electron chi connectivity index (χ1n) is 9.65. The van der Waals surface area contributed by atoms with Crippen molar-refractivity contribution in [3.63, 3.8) is 0 Å². The quantitative estimate of drug-likeness (QED) is 0.410. The lowest BCUT2D eigenvalue weighted by Crippen LogP contribution is -2.39. The van der Waals surface area contributed by atoms with Crippen molar-refractivity contribution in [3.05, 3.63) is 81.8 Å². The third-order valence-corrected chi connectivity index (χ3v) is 6.08. The Morgan fingerprint density at radius 2 is 2.03 bits per heavy atom. The number of nitrogens with zero attached hydrogens (tertiary/aromatic N) is 3. The molecule has 1 aromatic carbocycles. The smallest absolute Gasteiger partial charge is 0.274 e. The highest BCUT2D eigenvalue weighted by molar-refractivity contribution is 9.10. The summed E-state index contributed by atoms with van der Waals surface area (Å²) < 4.78 is 8.42. The Bertz CT molecular complexity index is 1240. The molecule has 0 saturated heterocycles. The molecule has 1 aliphatic heterocycles. The first-order valence-corrected chi connectivity index (χ1v) is 10.4. The number of carbonyl (C=O) groups excluding carboxylic acids is 1. The maximum absolute atomic E-state index is 13.2. The fraction of sp³-hybridized carbons (Fsp3) is 0.217. The van der Waals surface area contributed by atoms with Gasteiger partial charge in [0.2, 0.25) is 0 Å². The number of rotatable bonds is 2. The first-order chi connectivity index (χ1) is 14.0. The molecule has 4 aromatic rings. The maximum Gasteiger partial charge on any atom is 0.274 e. The third kappa shape index (κ3) is 3.17. The summed E-state index contributed by atoms with van der Waals surface area (Å²) in [6.07, 6.45) is 2.68. The van der Waals surface area contributed by atoms with Crippen molar-refractivity contribution in [1.29, 1.82) is 0 Å². The third-order valence-electron chi connectivity index (χ3n) is 5.61. The van der Waals surface area contributed by atoms with Crippen LogP contribution >= 0.6 is 15.9 Å². The van der Waals surface area contributed by atoms with Crippen LogP contribution in [0.25, 0.3) is 16.8 Å². The monoisotopic (exact) mass is 449 g/mol. The normalized spacial score (nSPS) is 16.2. The van der Waals surface area contributed by atoms with Gasteiger partial charge in [0.25, 0.3) is 5.91 Å². The molecular formula is C23H20BrN3O2. The van der Waals surface area contributed by atoms with Gasteiger partial charge in [0.1, 0.15) is 11.5 Å². The fourth-order valence-electron chi connectivity index (χ4n) is 4.07. The molecule has 4 heterocycles. The molecule has 3 aromatic heterocycles. The Morgan fingerprint density at radius 3 is 2.83 bits per heavy atom. The van der Waals surface area contributed by atoms with Gasteiger partial charge in [0, 0.05) is 22.8 Å². The number of halogens is 1. The van der Waals surface area contributed by atoms with E-state index in [0.717, 1.165) is 33.5 Å². The first kappa shape index (κ1) is 18.2. The summed E-state index contributed by atoms with van der Waals surface area (Å²) in [6, 6.07) is 16.1. The molecule has 6 heteroatoms. The highest BCUT2D eigenvalue weighted by atomic mass is 79.9. The minimum atomic E-state index is -0.0336. The van der Waals surface area contributed by atoms with E-state index in [4.69, 9.17) is 4.42 Å². The van der Waals surface area contributed by atoms with E-state index in [0.29, 0.717) is 12.2 Å². The van der Waals surface area contributed by atoms with Crippen LogP contribution in [0.2, 0.25) is 0 Å². The second-order valence-corrected chi connectivity index (χ2v) is 8.41. The van der Waals surface area contributed by atoms with Crippen molar-refractivity contribution in [2.45, 2.75) is 26.3 Å². The molecule has 1 amide bonds. The Balaban J connectivity index is 1.44. The average Bonchev–Trinajstić information content (AvgIpc) is 3.33. The van der Waals surface area contributed by atoms with E-state index < -0.39 is 0 Å². The molecule has 0 radical (unpaired) electrons. The van der Waals surface area contributed by atoms with Crippen molar-refractivity contribution in [3.8, 4) is 11.3 Å². The summed E-state index contributed by atoms with van der Waals surface area (Å²) in [5, 5.41) is 4.48. The zero-order chi connectivity index (χ0) is 20.1. The van der Waals surface area contributed by atoms with Crippen molar-refractivity contribution in [2.75, 3.05) is 6.54 Å². The fourth-order valence-corrected chi connectivity index (χ4v) is 4.39. The number of aromatic nitrogens is 2. The Labute approximate surface area is 177 Å². The number of hydrogen-bond acceptors (Lipinski definition) is 3. The summed E-state index contributed by atoms with van der Waals surface area (Å²) in [7, 11) is 0. The highest BCUT2D eigenvalue weighted by Gasteiger charge is 2.30. The molecule has 0 fully saturated rings. The number of carbonyl (C=O) groups is 1. The van der Waals surface area contributed by atoms with Crippen LogP contribution in [-0.2, 0) is 6.42 Å². The van der Waals surface area contributed by atoms with Crippen molar-refractivity contribution >= 4 is 27.4 Å². The second-order valence-electron chi connectivity index (χ2n) is 7.49. The van der Waals surface area contributed by atoms with E-state index >= 15 is 0 Å². The van der Waals surface area contributed by atoms with Gasteiger partial charge in [-0.15, -0.1) is 0 Å². The predicted molar refractivity (Wildman–Crippen MR) is 115 cm³/mol. The zero-order valence-electron chi connectivity index (χ0n) is 16.2. The Morgan fingerprint density at radius 1 is 1.17 bits per heavy atom. The number of pyridine rings is 1. The highest BCUT2D eigenvalue weighted by Crippen LogP contribution is 2.34. The molecule has 5 rings (SSSR count). The molecule has 0 spiro atoms. The van der Waals surface area contributed by atoms with Gasteiger partial charge in [0.15, 0.2) is 5.69 Å². The van der Waals surface area contributed by atoms with Gasteiger partial charge in [-0.3, -0.25) is 4.79 Å². The van der Waals surface area contributed by atoms with Crippen LogP contribution in [0.1, 0.15) is 40.3 Å². The van der Waals surface area contributed by atoms with Gasteiger partial charge in [-0.1, -0.05) is 12.1 Å².